The first-order chi connectivity index (χ1) is 8.91. The highest BCUT2D eigenvalue weighted by molar-refractivity contribution is 14.0. The Balaban J connectivity index is 0.00000361. The quantitative estimate of drug-likeness (QED) is 0.259. The van der Waals surface area contributed by atoms with Crippen molar-refractivity contribution in [3.8, 4) is 0 Å². The van der Waals surface area contributed by atoms with E-state index in [-0.39, 0.29) is 29.7 Å². The van der Waals surface area contributed by atoms with E-state index in [1.807, 2.05) is 38.0 Å². The van der Waals surface area contributed by atoms with Gasteiger partial charge in [0.25, 0.3) is 5.69 Å². The Morgan fingerprint density at radius 2 is 1.65 bits per heavy atom. The molecule has 1 rings (SSSR count). The van der Waals surface area contributed by atoms with Crippen molar-refractivity contribution in [1.29, 1.82) is 0 Å². The number of rotatable bonds is 4. The molecule has 0 amide bonds. The summed E-state index contributed by atoms with van der Waals surface area (Å²) in [5, 5.41) is 10.5. The van der Waals surface area contributed by atoms with E-state index in [4.69, 9.17) is 0 Å². The molecule has 6 nitrogen and oxygen atoms in total. The van der Waals surface area contributed by atoms with Gasteiger partial charge in [0.05, 0.1) is 4.92 Å². The summed E-state index contributed by atoms with van der Waals surface area (Å²) in [7, 11) is 7.80. The van der Waals surface area contributed by atoms with Crippen molar-refractivity contribution < 1.29 is 4.92 Å². The number of guanidine groups is 1. The minimum atomic E-state index is -0.391. The van der Waals surface area contributed by atoms with Crippen molar-refractivity contribution in [3.05, 3.63) is 39.9 Å². The van der Waals surface area contributed by atoms with Crippen LogP contribution in [-0.2, 0) is 6.42 Å². The van der Waals surface area contributed by atoms with E-state index in [2.05, 4.69) is 4.99 Å². The predicted octanol–water partition coefficient (Wildman–Crippen LogP) is 2.23. The van der Waals surface area contributed by atoms with Crippen molar-refractivity contribution in [2.75, 3.05) is 34.7 Å². The number of aliphatic imine (C=N–C) groups is 1. The third-order valence-corrected chi connectivity index (χ3v) is 2.60. The molecule has 112 valence electrons. The topological polar surface area (TPSA) is 62.0 Å². The van der Waals surface area contributed by atoms with Crippen LogP contribution in [0.2, 0.25) is 0 Å². The molecule has 0 bridgehead atoms. The van der Waals surface area contributed by atoms with Gasteiger partial charge in [-0.05, 0) is 12.0 Å². The first-order valence-electron chi connectivity index (χ1n) is 6.04. The zero-order valence-corrected chi connectivity index (χ0v) is 14.6. The van der Waals surface area contributed by atoms with Crippen molar-refractivity contribution in [2.24, 2.45) is 4.99 Å². The van der Waals surface area contributed by atoms with Gasteiger partial charge in [-0.1, -0.05) is 12.1 Å². The average molecular weight is 392 g/mol. The number of nitrogens with zero attached hydrogens (tertiary/aromatic N) is 4. The van der Waals surface area contributed by atoms with Crippen molar-refractivity contribution in [1.82, 2.24) is 9.80 Å². The number of non-ortho nitro benzene ring substituents is 1. The van der Waals surface area contributed by atoms with Crippen LogP contribution in [0.25, 0.3) is 0 Å². The molecule has 0 aromatic heterocycles. The summed E-state index contributed by atoms with van der Waals surface area (Å²) in [6.07, 6.45) is 0.767. The van der Waals surface area contributed by atoms with Gasteiger partial charge in [-0.2, -0.15) is 0 Å². The van der Waals surface area contributed by atoms with Gasteiger partial charge in [0, 0.05) is 46.9 Å². The molecule has 1 aromatic carbocycles. The Bertz CT molecular complexity index is 448. The number of nitro groups is 1. The van der Waals surface area contributed by atoms with Gasteiger partial charge < -0.3 is 9.80 Å². The second kappa shape index (κ2) is 8.72. The SMILES string of the molecule is CN(C)C(=NCCc1ccc([N+](=O)[O-])cc1)N(C)C.I. The van der Waals surface area contributed by atoms with Crippen LogP contribution in [0.15, 0.2) is 29.3 Å². The molecule has 0 aliphatic heterocycles. The van der Waals surface area contributed by atoms with E-state index in [9.17, 15) is 10.1 Å². The number of benzene rings is 1. The summed E-state index contributed by atoms with van der Waals surface area (Å²) in [5.41, 5.74) is 1.17. The smallest absolute Gasteiger partial charge is 0.269 e. The first-order valence-corrected chi connectivity index (χ1v) is 6.04. The Kier molecular flexibility index (Phi) is 8.12. The number of hydrogen-bond acceptors (Lipinski definition) is 3. The largest absolute Gasteiger partial charge is 0.349 e. The standard InChI is InChI=1S/C13H20N4O2.HI/c1-15(2)13(16(3)4)14-10-9-11-5-7-12(8-6-11)17(18)19;/h5-8H,9-10H2,1-4H3;1H. The molecule has 0 heterocycles. The molecule has 0 aliphatic carbocycles. The lowest BCUT2D eigenvalue weighted by Gasteiger charge is -2.22. The van der Waals surface area contributed by atoms with Crippen molar-refractivity contribution in [2.45, 2.75) is 6.42 Å². The Hall–Kier alpha value is -1.38. The summed E-state index contributed by atoms with van der Waals surface area (Å²) in [6, 6.07) is 6.60. The molecular formula is C13H21IN4O2. The molecule has 0 saturated carbocycles. The molecule has 20 heavy (non-hydrogen) atoms. The highest BCUT2D eigenvalue weighted by atomic mass is 127. The maximum atomic E-state index is 10.5. The fourth-order valence-corrected chi connectivity index (χ4v) is 1.75. The zero-order valence-electron chi connectivity index (χ0n) is 12.2. The highest BCUT2D eigenvalue weighted by Gasteiger charge is 2.05. The van der Waals surface area contributed by atoms with Gasteiger partial charge in [-0.3, -0.25) is 15.1 Å². The molecule has 0 radical (unpaired) electrons. The zero-order chi connectivity index (χ0) is 14.4. The van der Waals surface area contributed by atoms with Crippen LogP contribution in [-0.4, -0.2) is 55.4 Å². The van der Waals surface area contributed by atoms with E-state index in [0.717, 1.165) is 17.9 Å². The summed E-state index contributed by atoms with van der Waals surface area (Å²) in [4.78, 5) is 18.6. The first kappa shape index (κ1) is 18.6. The molecule has 1 aromatic rings. The van der Waals surface area contributed by atoms with Crippen LogP contribution in [0, 0.1) is 10.1 Å². The van der Waals surface area contributed by atoms with Gasteiger partial charge in [0.15, 0.2) is 5.96 Å². The Morgan fingerprint density at radius 1 is 1.15 bits per heavy atom. The number of nitro benzene ring substituents is 1. The molecule has 0 N–H and O–H groups in total. The predicted molar refractivity (Wildman–Crippen MR) is 91.9 cm³/mol. The minimum Gasteiger partial charge on any atom is -0.349 e. The van der Waals surface area contributed by atoms with Gasteiger partial charge in [-0.15, -0.1) is 24.0 Å². The van der Waals surface area contributed by atoms with Crippen LogP contribution in [0.5, 0.6) is 0 Å². The fourth-order valence-electron chi connectivity index (χ4n) is 1.75. The van der Waals surface area contributed by atoms with Gasteiger partial charge in [-0.25, -0.2) is 0 Å². The van der Waals surface area contributed by atoms with Gasteiger partial charge in [0.2, 0.25) is 0 Å². The Labute approximate surface area is 136 Å². The Morgan fingerprint density at radius 3 is 2.05 bits per heavy atom. The van der Waals surface area contributed by atoms with E-state index in [0.29, 0.717) is 6.54 Å². The molecule has 0 spiro atoms. The van der Waals surface area contributed by atoms with Crippen molar-refractivity contribution in [3.63, 3.8) is 0 Å². The summed E-state index contributed by atoms with van der Waals surface area (Å²) in [6.45, 7) is 0.656. The van der Waals surface area contributed by atoms with Crippen LogP contribution in [0.3, 0.4) is 0 Å². The summed E-state index contributed by atoms with van der Waals surface area (Å²) in [5.74, 6) is 0.905. The number of halogens is 1. The molecule has 0 aliphatic rings. The maximum Gasteiger partial charge on any atom is 0.269 e. The monoisotopic (exact) mass is 392 g/mol. The van der Waals surface area contributed by atoms with Crippen molar-refractivity contribution >= 4 is 35.6 Å². The molecule has 0 fully saturated rings. The van der Waals surface area contributed by atoms with Crippen LogP contribution in [0.4, 0.5) is 5.69 Å². The summed E-state index contributed by atoms with van der Waals surface area (Å²) >= 11 is 0. The second-order valence-corrected chi connectivity index (χ2v) is 4.64. The molecule has 7 heteroatoms. The second-order valence-electron chi connectivity index (χ2n) is 4.64. The van der Waals surface area contributed by atoms with E-state index < -0.39 is 4.92 Å². The minimum absolute atomic E-state index is 0. The number of hydrogen-bond donors (Lipinski definition) is 0. The third kappa shape index (κ3) is 5.72. The van der Waals surface area contributed by atoms with E-state index in [1.165, 1.54) is 12.1 Å². The lowest BCUT2D eigenvalue weighted by Crippen LogP contribution is -2.35. The lowest BCUT2D eigenvalue weighted by atomic mass is 10.1. The molecule has 0 saturated heterocycles. The average Bonchev–Trinajstić information content (AvgIpc) is 2.34. The molecular weight excluding hydrogens is 371 g/mol. The van der Waals surface area contributed by atoms with Gasteiger partial charge >= 0.3 is 0 Å². The normalized spacial score (nSPS) is 9.40. The summed E-state index contributed by atoms with van der Waals surface area (Å²) < 4.78 is 0. The molecule has 0 atom stereocenters. The van der Waals surface area contributed by atoms with Crippen LogP contribution >= 0.6 is 24.0 Å². The van der Waals surface area contributed by atoms with Crippen LogP contribution in [0.1, 0.15) is 5.56 Å². The van der Waals surface area contributed by atoms with Gasteiger partial charge in [0.1, 0.15) is 0 Å². The van der Waals surface area contributed by atoms with Crippen LogP contribution < -0.4 is 0 Å². The highest BCUT2D eigenvalue weighted by Crippen LogP contribution is 2.12. The maximum absolute atomic E-state index is 10.5. The lowest BCUT2D eigenvalue weighted by molar-refractivity contribution is -0.384. The van der Waals surface area contributed by atoms with E-state index in [1.54, 1.807) is 12.1 Å². The fraction of sp³-hybridized carbons (Fsp3) is 0.462. The molecule has 0 unspecified atom stereocenters. The third-order valence-electron chi connectivity index (χ3n) is 2.60. The van der Waals surface area contributed by atoms with E-state index >= 15 is 0 Å².